The van der Waals surface area contributed by atoms with Crippen molar-refractivity contribution in [3.8, 4) is 11.8 Å². The first kappa shape index (κ1) is 28.4. The van der Waals surface area contributed by atoms with E-state index < -0.39 is 5.60 Å². The van der Waals surface area contributed by atoms with Gasteiger partial charge in [-0.1, -0.05) is 12.8 Å². The van der Waals surface area contributed by atoms with Crippen molar-refractivity contribution in [2.24, 2.45) is 5.92 Å². The molecule has 13 heteroatoms. The summed E-state index contributed by atoms with van der Waals surface area (Å²) in [4.78, 5) is 32.1. The normalized spacial score (nSPS) is 14.4. The smallest absolute Gasteiger partial charge is 0.407 e. The summed E-state index contributed by atoms with van der Waals surface area (Å²) in [7, 11) is 3.10. The molecule has 1 aliphatic heterocycles. The second kappa shape index (κ2) is 12.8. The molecule has 0 spiro atoms. The van der Waals surface area contributed by atoms with Gasteiger partial charge in [-0.3, -0.25) is 0 Å². The maximum Gasteiger partial charge on any atom is 0.407 e. The molecule has 0 unspecified atom stereocenters. The lowest BCUT2D eigenvalue weighted by Gasteiger charge is -2.32. The molecule has 1 saturated heterocycles. The molecule has 0 aromatic carbocycles. The van der Waals surface area contributed by atoms with Gasteiger partial charge in [-0.2, -0.15) is 9.97 Å². The van der Waals surface area contributed by atoms with Crippen LogP contribution in [0.25, 0.3) is 0 Å². The Morgan fingerprint density at radius 2 is 1.65 bits per heavy atom. The van der Waals surface area contributed by atoms with Crippen LogP contribution in [0.2, 0.25) is 0 Å². The van der Waals surface area contributed by atoms with E-state index in [2.05, 4.69) is 30.2 Å². The molecule has 1 aliphatic rings. The van der Waals surface area contributed by atoms with Gasteiger partial charge in [-0.25, -0.2) is 14.8 Å². The number of ether oxygens (including phenoxy) is 3. The number of nitrogens with zero attached hydrogens (tertiary/aromatic N) is 5. The fourth-order valence-corrected chi connectivity index (χ4v) is 4.91. The highest BCUT2D eigenvalue weighted by atomic mass is 32.2. The maximum absolute atomic E-state index is 11.7. The van der Waals surface area contributed by atoms with E-state index >= 15 is 0 Å². The molecule has 0 saturated carbocycles. The number of aromatic nitrogens is 4. The van der Waals surface area contributed by atoms with Crippen molar-refractivity contribution in [1.29, 1.82) is 0 Å². The summed E-state index contributed by atoms with van der Waals surface area (Å²) in [5.41, 5.74) is 11.1. The standard InChI is InChI=1S/C24H38N8O4S/c1-24(2,3)36-23(33)27-11-7-6-8-15-9-12-32(13-10-15)21-30-19(34-4)18(20(31-21)35-5)37-22-28-16(25)14-17(26)29-22/h14-15H,6-13H2,1-5H3,(H,27,33)(H4,25,26,28,29). The number of amides is 1. The Morgan fingerprint density at radius 1 is 1.05 bits per heavy atom. The molecule has 3 heterocycles. The Hall–Kier alpha value is -3.22. The number of hydrogen-bond donors (Lipinski definition) is 3. The lowest BCUT2D eigenvalue weighted by Crippen LogP contribution is -2.35. The Balaban J connectivity index is 1.53. The molecule has 204 valence electrons. The Morgan fingerprint density at radius 3 is 2.19 bits per heavy atom. The Bertz CT molecular complexity index is 1010. The monoisotopic (exact) mass is 534 g/mol. The van der Waals surface area contributed by atoms with Crippen LogP contribution in [0.15, 0.2) is 16.1 Å². The van der Waals surface area contributed by atoms with Crippen molar-refractivity contribution in [3.05, 3.63) is 6.07 Å². The highest BCUT2D eigenvalue weighted by molar-refractivity contribution is 7.99. The highest BCUT2D eigenvalue weighted by Gasteiger charge is 2.25. The van der Waals surface area contributed by atoms with E-state index in [1.54, 1.807) is 14.2 Å². The minimum Gasteiger partial charge on any atom is -0.480 e. The number of carbonyl (C=O) groups excluding carboxylic acids is 1. The molecule has 5 N–H and O–H groups in total. The van der Waals surface area contributed by atoms with Crippen LogP contribution in [-0.4, -0.2) is 65.5 Å². The van der Waals surface area contributed by atoms with E-state index in [9.17, 15) is 4.79 Å². The third kappa shape index (κ3) is 8.69. The van der Waals surface area contributed by atoms with E-state index in [4.69, 9.17) is 25.7 Å². The summed E-state index contributed by atoms with van der Waals surface area (Å²) in [6.45, 7) is 7.88. The molecule has 2 aromatic heterocycles. The highest BCUT2D eigenvalue weighted by Crippen LogP contribution is 2.40. The molecule has 3 rings (SSSR count). The van der Waals surface area contributed by atoms with Gasteiger partial charge in [0.15, 0.2) is 5.16 Å². The zero-order chi connectivity index (χ0) is 27.0. The summed E-state index contributed by atoms with van der Waals surface area (Å²) in [6.07, 6.45) is 4.83. The summed E-state index contributed by atoms with van der Waals surface area (Å²) >= 11 is 1.18. The number of carbonyl (C=O) groups is 1. The van der Waals surface area contributed by atoms with E-state index in [1.165, 1.54) is 17.8 Å². The molecule has 0 aliphatic carbocycles. The van der Waals surface area contributed by atoms with Gasteiger partial charge in [0.05, 0.1) is 14.2 Å². The average molecular weight is 535 g/mol. The maximum atomic E-state index is 11.7. The molecule has 12 nitrogen and oxygen atoms in total. The molecule has 2 aromatic rings. The van der Waals surface area contributed by atoms with Gasteiger partial charge >= 0.3 is 6.09 Å². The van der Waals surface area contributed by atoms with Gasteiger partial charge in [0.25, 0.3) is 0 Å². The fourth-order valence-electron chi connectivity index (χ4n) is 3.99. The van der Waals surface area contributed by atoms with Crippen molar-refractivity contribution < 1.29 is 19.0 Å². The number of methoxy groups -OCH3 is 2. The molecular formula is C24H38N8O4S. The second-order valence-electron chi connectivity index (χ2n) is 9.83. The fraction of sp³-hybridized carbons (Fsp3) is 0.625. The lowest BCUT2D eigenvalue weighted by atomic mass is 9.92. The number of piperidine rings is 1. The Kier molecular flexibility index (Phi) is 9.84. The van der Waals surface area contributed by atoms with E-state index in [0.29, 0.717) is 40.2 Å². The number of alkyl carbamates (subject to hydrolysis) is 1. The number of nitrogens with two attached hydrogens (primary N) is 2. The summed E-state index contributed by atoms with van der Waals surface area (Å²) in [5, 5.41) is 3.17. The number of anilines is 3. The van der Waals surface area contributed by atoms with E-state index in [0.717, 1.165) is 45.2 Å². The SMILES string of the molecule is COc1nc(N2CCC(CCCCNC(=O)OC(C)(C)C)CC2)nc(OC)c1Sc1nc(N)cc(N)n1. The number of hydrogen-bond acceptors (Lipinski definition) is 12. The van der Waals surface area contributed by atoms with Crippen LogP contribution < -0.4 is 31.2 Å². The zero-order valence-corrected chi connectivity index (χ0v) is 23.1. The van der Waals surface area contributed by atoms with Gasteiger partial charge in [-0.15, -0.1) is 0 Å². The first-order chi connectivity index (χ1) is 17.6. The molecule has 37 heavy (non-hydrogen) atoms. The summed E-state index contributed by atoms with van der Waals surface area (Å²) in [5.74, 6) is 2.47. The van der Waals surface area contributed by atoms with Gasteiger partial charge < -0.3 is 35.9 Å². The van der Waals surface area contributed by atoms with Crippen molar-refractivity contribution >= 4 is 35.4 Å². The third-order valence-electron chi connectivity index (χ3n) is 5.72. The van der Waals surface area contributed by atoms with E-state index in [-0.39, 0.29) is 17.7 Å². The van der Waals surface area contributed by atoms with Crippen molar-refractivity contribution in [3.63, 3.8) is 0 Å². The van der Waals surface area contributed by atoms with Crippen molar-refractivity contribution in [2.75, 3.05) is 50.2 Å². The topological polar surface area (TPSA) is 164 Å². The molecule has 0 radical (unpaired) electrons. The minimum atomic E-state index is -0.478. The van der Waals surface area contributed by atoms with Crippen molar-refractivity contribution in [1.82, 2.24) is 25.3 Å². The number of rotatable bonds is 10. The molecule has 0 atom stereocenters. The molecule has 0 bridgehead atoms. The molecule has 1 fully saturated rings. The number of nitrogens with one attached hydrogen (secondary N) is 1. The Labute approximate surface area is 222 Å². The second-order valence-corrected chi connectivity index (χ2v) is 10.8. The number of nitrogen functional groups attached to an aromatic ring is 2. The third-order valence-corrected chi connectivity index (χ3v) is 6.64. The zero-order valence-electron chi connectivity index (χ0n) is 22.2. The van der Waals surface area contributed by atoms with Crippen LogP contribution in [0.1, 0.15) is 52.9 Å². The van der Waals surface area contributed by atoms with Crippen LogP contribution in [0.3, 0.4) is 0 Å². The number of unbranched alkanes of at least 4 members (excludes halogenated alkanes) is 1. The molecule has 1 amide bonds. The quantitative estimate of drug-likeness (QED) is 0.300. The van der Waals surface area contributed by atoms with Gasteiger partial charge in [-0.05, 0) is 57.7 Å². The van der Waals surface area contributed by atoms with Crippen molar-refractivity contribution in [2.45, 2.75) is 68.5 Å². The lowest BCUT2D eigenvalue weighted by molar-refractivity contribution is 0.0526. The average Bonchev–Trinajstić information content (AvgIpc) is 2.82. The predicted octanol–water partition coefficient (Wildman–Crippen LogP) is 3.51. The summed E-state index contributed by atoms with van der Waals surface area (Å²) < 4.78 is 16.4. The van der Waals surface area contributed by atoms with Crippen LogP contribution in [0.4, 0.5) is 22.4 Å². The molecular weight excluding hydrogens is 496 g/mol. The van der Waals surface area contributed by atoms with Crippen LogP contribution in [0.5, 0.6) is 11.8 Å². The first-order valence-electron chi connectivity index (χ1n) is 12.4. The van der Waals surface area contributed by atoms with E-state index in [1.807, 2.05) is 20.8 Å². The summed E-state index contributed by atoms with van der Waals surface area (Å²) in [6, 6.07) is 1.49. The minimum absolute atomic E-state index is 0.271. The van der Waals surface area contributed by atoms with Crippen LogP contribution in [0, 0.1) is 5.92 Å². The van der Waals surface area contributed by atoms with Gasteiger partial charge in [0.1, 0.15) is 22.1 Å². The predicted molar refractivity (Wildman–Crippen MR) is 143 cm³/mol. The van der Waals surface area contributed by atoms with Gasteiger partial charge in [0.2, 0.25) is 17.7 Å². The first-order valence-corrected chi connectivity index (χ1v) is 13.2. The van der Waals surface area contributed by atoms with Gasteiger partial charge in [0, 0.05) is 25.7 Å². The largest absolute Gasteiger partial charge is 0.480 e. The van der Waals surface area contributed by atoms with Crippen LogP contribution >= 0.6 is 11.8 Å². The van der Waals surface area contributed by atoms with Crippen LogP contribution in [-0.2, 0) is 4.74 Å².